The summed E-state index contributed by atoms with van der Waals surface area (Å²) >= 11 is 24.4. The Kier molecular flexibility index (Phi) is 16.0. The van der Waals surface area contributed by atoms with E-state index in [0.29, 0.717) is 57.8 Å². The van der Waals surface area contributed by atoms with Crippen LogP contribution in [0.4, 0.5) is 4.79 Å². The van der Waals surface area contributed by atoms with Gasteiger partial charge in [-0.1, -0.05) is 50.9 Å². The van der Waals surface area contributed by atoms with E-state index in [-0.39, 0.29) is 17.2 Å². The van der Waals surface area contributed by atoms with Crippen LogP contribution < -0.4 is 20.5 Å². The lowest BCUT2D eigenvalue weighted by atomic mass is 9.91. The quantitative estimate of drug-likeness (QED) is 0.127. The average Bonchev–Trinajstić information content (AvgIpc) is 3.02. The molecule has 0 unspecified atom stereocenters. The van der Waals surface area contributed by atoms with Crippen LogP contribution in [-0.2, 0) is 4.74 Å². The molecule has 10 nitrogen and oxygen atoms in total. The number of aromatic nitrogens is 4. The fourth-order valence-corrected chi connectivity index (χ4v) is 6.38. The molecule has 14 heteroatoms. The van der Waals surface area contributed by atoms with Crippen molar-refractivity contribution in [1.29, 1.82) is 0 Å². The van der Waals surface area contributed by atoms with Crippen molar-refractivity contribution in [2.75, 3.05) is 13.2 Å². The second-order valence-corrected chi connectivity index (χ2v) is 16.8. The van der Waals surface area contributed by atoms with E-state index < -0.39 is 22.8 Å². The number of benzene rings is 2. The number of nitrogens with two attached hydrogens (primary N) is 1. The molecule has 4 rings (SSSR count). The van der Waals surface area contributed by atoms with Gasteiger partial charge in [0.1, 0.15) is 30.3 Å². The Bertz CT molecular complexity index is 1820. The van der Waals surface area contributed by atoms with Gasteiger partial charge in [0.15, 0.2) is 0 Å². The molecule has 1 amide bonds. The maximum atomic E-state index is 12.3. The molecule has 2 aromatic carbocycles. The molecule has 0 bridgehead atoms. The molecule has 0 aliphatic rings. The third kappa shape index (κ3) is 15.5. The summed E-state index contributed by atoms with van der Waals surface area (Å²) in [5, 5.41) is 4.27. The first-order valence-corrected chi connectivity index (χ1v) is 18.8. The summed E-state index contributed by atoms with van der Waals surface area (Å²) in [5.41, 5.74) is 7.69. The van der Waals surface area contributed by atoms with Crippen molar-refractivity contribution < 1.29 is 19.0 Å². The molecule has 288 valence electrons. The van der Waals surface area contributed by atoms with E-state index in [4.69, 9.17) is 66.3 Å². The summed E-state index contributed by atoms with van der Waals surface area (Å²) in [7, 11) is 0. The Morgan fingerprint density at radius 1 is 0.717 bits per heavy atom. The summed E-state index contributed by atoms with van der Waals surface area (Å²) in [5.74, 6) is 1.97. The van der Waals surface area contributed by atoms with Gasteiger partial charge in [0, 0.05) is 29.1 Å². The largest absolute Gasteiger partial charge is 0.490 e. The molecule has 2 heterocycles. The average molecular weight is 809 g/mol. The molecule has 2 atom stereocenters. The van der Waals surface area contributed by atoms with E-state index in [1.165, 1.54) is 0 Å². The maximum absolute atomic E-state index is 12.3. The minimum Gasteiger partial charge on any atom is -0.490 e. The molecular weight excluding hydrogens is 758 g/mol. The normalized spacial score (nSPS) is 13.7. The van der Waals surface area contributed by atoms with E-state index in [1.54, 1.807) is 42.7 Å². The Hall–Kier alpha value is -3.41. The molecule has 0 spiro atoms. The zero-order valence-corrected chi connectivity index (χ0v) is 34.8. The Morgan fingerprint density at radius 2 is 1.17 bits per heavy atom. The van der Waals surface area contributed by atoms with Gasteiger partial charge in [-0.25, -0.2) is 24.7 Å². The number of carbonyl (C=O) groups excluding carboxylic acids is 1. The molecule has 4 aromatic rings. The number of amides is 1. The van der Waals surface area contributed by atoms with Crippen molar-refractivity contribution in [1.82, 2.24) is 25.3 Å². The van der Waals surface area contributed by atoms with E-state index >= 15 is 0 Å². The first-order valence-electron chi connectivity index (χ1n) is 17.3. The van der Waals surface area contributed by atoms with Crippen LogP contribution in [0.15, 0.2) is 60.9 Å². The minimum atomic E-state index is -0.626. The van der Waals surface area contributed by atoms with Crippen LogP contribution in [-0.4, -0.2) is 55.9 Å². The molecule has 0 aliphatic carbocycles. The molecular formula is C39H50Cl4N6O4. The third-order valence-corrected chi connectivity index (χ3v) is 8.30. The summed E-state index contributed by atoms with van der Waals surface area (Å²) in [6, 6.07) is 14.4. The first-order chi connectivity index (χ1) is 24.6. The number of hydrogen-bond donors (Lipinski definition) is 2. The van der Waals surface area contributed by atoms with Gasteiger partial charge in [-0.2, -0.15) is 0 Å². The fraction of sp³-hybridized carbons (Fsp3) is 0.462. The highest BCUT2D eigenvalue weighted by atomic mass is 35.5. The molecule has 3 N–H and O–H groups in total. The van der Waals surface area contributed by atoms with Crippen LogP contribution in [0, 0.1) is 11.8 Å². The summed E-state index contributed by atoms with van der Waals surface area (Å²) in [4.78, 5) is 28.4. The molecule has 0 saturated carbocycles. The van der Waals surface area contributed by atoms with Crippen LogP contribution in [0.25, 0.3) is 22.5 Å². The lowest BCUT2D eigenvalue weighted by Gasteiger charge is -2.33. The second kappa shape index (κ2) is 19.3. The lowest BCUT2D eigenvalue weighted by molar-refractivity contribution is 0.0408. The SMILES string of the molecule is CC(C)C[C@@](C)(COc1ccc(-c2ccnc(Cl)n2)cc1Cl)NC(=O)OC(C)(C)C.CC(C)C[C@](C)(N)COc1ccc(-c2ccnc(Cl)n2)cc1Cl. The summed E-state index contributed by atoms with van der Waals surface area (Å²) in [6.07, 6.45) is 4.30. The van der Waals surface area contributed by atoms with Gasteiger partial charge in [-0.3, -0.25) is 0 Å². The van der Waals surface area contributed by atoms with E-state index in [2.05, 4.69) is 52.9 Å². The monoisotopic (exact) mass is 806 g/mol. The number of halogens is 4. The van der Waals surface area contributed by atoms with Crippen molar-refractivity contribution in [2.45, 2.75) is 91.8 Å². The molecule has 0 aliphatic heterocycles. The van der Waals surface area contributed by atoms with Gasteiger partial charge < -0.3 is 25.3 Å². The zero-order valence-electron chi connectivity index (χ0n) is 31.8. The zero-order chi connectivity index (χ0) is 39.6. The smallest absolute Gasteiger partial charge is 0.408 e. The van der Waals surface area contributed by atoms with Crippen molar-refractivity contribution in [3.05, 3.63) is 81.5 Å². The highest BCUT2D eigenvalue weighted by molar-refractivity contribution is 6.32. The maximum Gasteiger partial charge on any atom is 0.408 e. The second-order valence-electron chi connectivity index (χ2n) is 15.3. The molecule has 0 saturated heterocycles. The number of carbonyl (C=O) groups is 1. The standard InChI is InChI=1S/C22H29Cl2N3O3.C17H21Cl2N3O/c1-14(2)12-22(6,27-20(28)30-21(3,4)5)13-29-18-8-7-15(11-16(18)23)17-9-10-25-19(24)26-17;1-11(2)9-17(3,20)10-23-15-5-4-12(8-13(15)18)14-6-7-21-16(19)22-14/h7-11,14H,12-13H2,1-6H3,(H,27,28);4-8,11H,9-10,20H2,1-3H3/t22-;17-/m00/s1. The molecule has 2 aromatic heterocycles. The van der Waals surface area contributed by atoms with Gasteiger partial charge in [0.05, 0.1) is 27.0 Å². The van der Waals surface area contributed by atoms with E-state index in [1.807, 2.05) is 52.8 Å². The van der Waals surface area contributed by atoms with Gasteiger partial charge in [-0.15, -0.1) is 0 Å². The molecule has 53 heavy (non-hydrogen) atoms. The first kappa shape index (κ1) is 44.0. The number of nitrogens with one attached hydrogen (secondary N) is 1. The fourth-order valence-electron chi connectivity index (χ4n) is 5.61. The third-order valence-electron chi connectivity index (χ3n) is 7.35. The van der Waals surface area contributed by atoms with Crippen LogP contribution in [0.2, 0.25) is 20.6 Å². The van der Waals surface area contributed by atoms with Crippen LogP contribution in [0.1, 0.15) is 75.2 Å². The van der Waals surface area contributed by atoms with Crippen molar-refractivity contribution in [3.8, 4) is 34.0 Å². The lowest BCUT2D eigenvalue weighted by Crippen LogP contribution is -2.52. The Morgan fingerprint density at radius 3 is 1.57 bits per heavy atom. The predicted octanol–water partition coefficient (Wildman–Crippen LogP) is 10.8. The van der Waals surface area contributed by atoms with Crippen molar-refractivity contribution in [2.24, 2.45) is 17.6 Å². The van der Waals surface area contributed by atoms with E-state index in [9.17, 15) is 4.79 Å². The van der Waals surface area contributed by atoms with Gasteiger partial charge in [-0.05, 0) is 131 Å². The number of rotatable bonds is 13. The van der Waals surface area contributed by atoms with Crippen LogP contribution in [0.3, 0.4) is 0 Å². The van der Waals surface area contributed by atoms with Crippen LogP contribution in [0.5, 0.6) is 11.5 Å². The van der Waals surface area contributed by atoms with Gasteiger partial charge in [0.2, 0.25) is 10.6 Å². The van der Waals surface area contributed by atoms with E-state index in [0.717, 1.165) is 17.5 Å². The highest BCUT2D eigenvalue weighted by Crippen LogP contribution is 2.32. The van der Waals surface area contributed by atoms with Gasteiger partial charge in [0.25, 0.3) is 0 Å². The number of alkyl carbamates (subject to hydrolysis) is 1. The topological polar surface area (TPSA) is 134 Å². The summed E-state index contributed by atoms with van der Waals surface area (Å²) in [6.45, 7) is 18.5. The Labute approximate surface area is 333 Å². The molecule has 0 fully saturated rings. The number of hydrogen-bond acceptors (Lipinski definition) is 9. The highest BCUT2D eigenvalue weighted by Gasteiger charge is 2.31. The van der Waals surface area contributed by atoms with Gasteiger partial charge >= 0.3 is 6.09 Å². The van der Waals surface area contributed by atoms with Crippen LogP contribution >= 0.6 is 46.4 Å². The number of ether oxygens (including phenoxy) is 3. The molecule has 0 radical (unpaired) electrons. The summed E-state index contributed by atoms with van der Waals surface area (Å²) < 4.78 is 17.2. The number of nitrogens with zero attached hydrogens (tertiary/aromatic N) is 4. The van der Waals surface area contributed by atoms with Crippen molar-refractivity contribution in [3.63, 3.8) is 0 Å². The predicted molar refractivity (Wildman–Crippen MR) is 215 cm³/mol. The van der Waals surface area contributed by atoms with Crippen molar-refractivity contribution >= 4 is 52.5 Å². The minimum absolute atomic E-state index is 0.168. The Balaban J connectivity index is 0.000000295.